The number of rotatable bonds is 3. The Bertz CT molecular complexity index is 1220. The highest BCUT2D eigenvalue weighted by Crippen LogP contribution is 2.10. The molecule has 29 heavy (non-hydrogen) atoms. The summed E-state index contributed by atoms with van der Waals surface area (Å²) in [6.45, 7) is 1.63. The van der Waals surface area contributed by atoms with Crippen LogP contribution >= 0.6 is 0 Å². The van der Waals surface area contributed by atoms with Crippen LogP contribution in [0.25, 0.3) is 11.0 Å². The van der Waals surface area contributed by atoms with Gasteiger partial charge in [-0.2, -0.15) is 0 Å². The van der Waals surface area contributed by atoms with Crippen LogP contribution in [0.1, 0.15) is 0 Å². The van der Waals surface area contributed by atoms with E-state index in [2.05, 4.69) is 15.0 Å². The Balaban J connectivity index is 1.45. The third-order valence-electron chi connectivity index (χ3n) is 5.01. The Morgan fingerprint density at radius 2 is 1.90 bits per heavy atom. The predicted molar refractivity (Wildman–Crippen MR) is 105 cm³/mol. The second-order valence-electron chi connectivity index (χ2n) is 6.78. The molecule has 4 heterocycles. The average Bonchev–Trinajstić information content (AvgIpc) is 2.74. The van der Waals surface area contributed by atoms with Crippen LogP contribution in [0.15, 0.2) is 45.1 Å². The van der Waals surface area contributed by atoms with Crippen molar-refractivity contribution in [1.29, 1.82) is 0 Å². The van der Waals surface area contributed by atoms with E-state index in [1.807, 2.05) is 4.90 Å². The second kappa shape index (κ2) is 7.34. The molecule has 0 unspecified atom stereocenters. The van der Waals surface area contributed by atoms with E-state index in [9.17, 15) is 19.2 Å². The van der Waals surface area contributed by atoms with Crippen LogP contribution in [-0.4, -0.2) is 61.1 Å². The number of pyridine rings is 1. The van der Waals surface area contributed by atoms with Gasteiger partial charge in [-0.25, -0.2) is 14.8 Å². The van der Waals surface area contributed by atoms with Gasteiger partial charge in [-0.3, -0.25) is 28.5 Å². The quantitative estimate of drug-likeness (QED) is 0.572. The lowest BCUT2D eigenvalue weighted by Gasteiger charge is -2.35. The largest absolute Gasteiger partial charge is 0.354 e. The topological polar surface area (TPSA) is 126 Å². The van der Waals surface area contributed by atoms with Gasteiger partial charge in [0, 0.05) is 45.5 Å². The molecule has 1 amide bonds. The normalized spacial score (nSPS) is 14.4. The number of carbonyl (C=O) groups excluding carboxylic acids is 1. The monoisotopic (exact) mass is 397 g/mol. The van der Waals surface area contributed by atoms with Crippen LogP contribution < -0.4 is 21.7 Å². The summed E-state index contributed by atoms with van der Waals surface area (Å²) < 4.78 is 2.27. The summed E-state index contributed by atoms with van der Waals surface area (Å²) in [5.74, 6) is 0.238. The van der Waals surface area contributed by atoms with Gasteiger partial charge in [0.05, 0.1) is 5.39 Å². The van der Waals surface area contributed by atoms with E-state index in [0.29, 0.717) is 43.0 Å². The van der Waals surface area contributed by atoms with Crippen LogP contribution in [0.2, 0.25) is 0 Å². The van der Waals surface area contributed by atoms with Crippen molar-refractivity contribution in [3.8, 4) is 0 Å². The van der Waals surface area contributed by atoms with Crippen molar-refractivity contribution in [2.75, 3.05) is 31.1 Å². The summed E-state index contributed by atoms with van der Waals surface area (Å²) in [5, 5.41) is 0.363. The molecule has 3 aromatic rings. The third kappa shape index (κ3) is 3.53. The Morgan fingerprint density at radius 1 is 1.14 bits per heavy atom. The lowest BCUT2D eigenvalue weighted by Crippen LogP contribution is -2.51. The smallest absolute Gasteiger partial charge is 0.329 e. The molecule has 0 saturated carbocycles. The van der Waals surface area contributed by atoms with Crippen molar-refractivity contribution >= 4 is 22.8 Å². The fraction of sp³-hybridized carbons (Fsp3) is 0.333. The lowest BCUT2D eigenvalue weighted by atomic mass is 10.3. The summed E-state index contributed by atoms with van der Waals surface area (Å²) in [5.41, 5.74) is -0.839. The molecule has 1 saturated heterocycles. The average molecular weight is 397 g/mol. The Morgan fingerprint density at radius 3 is 2.62 bits per heavy atom. The van der Waals surface area contributed by atoms with Gasteiger partial charge in [0.1, 0.15) is 18.7 Å². The van der Waals surface area contributed by atoms with E-state index in [-0.39, 0.29) is 23.6 Å². The number of aromatic amines is 1. The van der Waals surface area contributed by atoms with Crippen LogP contribution in [0, 0.1) is 0 Å². The van der Waals surface area contributed by atoms with Crippen molar-refractivity contribution in [2.24, 2.45) is 7.05 Å². The molecule has 0 atom stereocenters. The van der Waals surface area contributed by atoms with Crippen molar-refractivity contribution in [2.45, 2.75) is 6.54 Å². The van der Waals surface area contributed by atoms with Gasteiger partial charge in [0.25, 0.3) is 11.1 Å². The van der Waals surface area contributed by atoms with Gasteiger partial charge in [-0.05, 0) is 12.1 Å². The zero-order chi connectivity index (χ0) is 20.5. The Labute approximate surface area is 163 Å². The predicted octanol–water partition coefficient (Wildman–Crippen LogP) is -1.47. The van der Waals surface area contributed by atoms with Crippen molar-refractivity contribution in [3.63, 3.8) is 0 Å². The summed E-state index contributed by atoms with van der Waals surface area (Å²) in [6, 6.07) is 4.65. The van der Waals surface area contributed by atoms with Gasteiger partial charge in [-0.1, -0.05) is 0 Å². The molecule has 11 nitrogen and oxygen atoms in total. The first kappa shape index (κ1) is 18.6. The summed E-state index contributed by atoms with van der Waals surface area (Å²) in [4.78, 5) is 63.1. The van der Waals surface area contributed by atoms with E-state index in [4.69, 9.17) is 0 Å². The molecule has 4 rings (SSSR count). The zero-order valence-electron chi connectivity index (χ0n) is 15.7. The molecule has 0 aromatic carbocycles. The van der Waals surface area contributed by atoms with E-state index in [0.717, 1.165) is 4.57 Å². The summed E-state index contributed by atoms with van der Waals surface area (Å²) in [6.07, 6.45) is 2.88. The molecule has 0 aliphatic carbocycles. The van der Waals surface area contributed by atoms with Gasteiger partial charge in [0.15, 0.2) is 5.65 Å². The van der Waals surface area contributed by atoms with Gasteiger partial charge < -0.3 is 9.80 Å². The highest BCUT2D eigenvalue weighted by atomic mass is 16.2. The van der Waals surface area contributed by atoms with Crippen LogP contribution in [-0.2, 0) is 18.4 Å². The molecular weight excluding hydrogens is 378 g/mol. The summed E-state index contributed by atoms with van der Waals surface area (Å²) in [7, 11) is 1.40. The zero-order valence-corrected chi connectivity index (χ0v) is 15.7. The number of hydrogen-bond acceptors (Lipinski definition) is 7. The number of amides is 1. The van der Waals surface area contributed by atoms with Crippen LogP contribution in [0.4, 0.5) is 5.82 Å². The maximum atomic E-state index is 12.6. The molecule has 3 aromatic heterocycles. The number of nitrogens with zero attached hydrogens (tertiary/aromatic N) is 6. The first-order valence-corrected chi connectivity index (χ1v) is 9.07. The molecule has 1 aliphatic rings. The van der Waals surface area contributed by atoms with Gasteiger partial charge in [-0.15, -0.1) is 0 Å². The van der Waals surface area contributed by atoms with Crippen LogP contribution in [0.3, 0.4) is 0 Å². The van der Waals surface area contributed by atoms with E-state index < -0.39 is 5.69 Å². The molecule has 11 heteroatoms. The summed E-state index contributed by atoms with van der Waals surface area (Å²) >= 11 is 0. The maximum absolute atomic E-state index is 12.6. The molecule has 150 valence electrons. The van der Waals surface area contributed by atoms with Gasteiger partial charge in [0.2, 0.25) is 5.91 Å². The van der Waals surface area contributed by atoms with Crippen molar-refractivity contribution < 1.29 is 4.79 Å². The second-order valence-corrected chi connectivity index (χ2v) is 6.78. The first-order chi connectivity index (χ1) is 13.9. The minimum atomic E-state index is -0.483. The number of H-pyrrole nitrogens is 1. The molecule has 0 bridgehead atoms. The van der Waals surface area contributed by atoms with Crippen molar-refractivity contribution in [1.82, 2.24) is 29.0 Å². The number of nitrogens with one attached hydrogen (secondary N) is 1. The van der Waals surface area contributed by atoms with Gasteiger partial charge >= 0.3 is 5.69 Å². The fourth-order valence-electron chi connectivity index (χ4n) is 3.27. The number of carbonyl (C=O) groups is 1. The molecule has 1 aliphatic heterocycles. The number of aromatic nitrogens is 5. The molecule has 0 spiro atoms. The third-order valence-corrected chi connectivity index (χ3v) is 5.01. The molecule has 1 fully saturated rings. The van der Waals surface area contributed by atoms with E-state index >= 15 is 0 Å². The minimum absolute atomic E-state index is 0.112. The van der Waals surface area contributed by atoms with E-state index in [1.54, 1.807) is 23.2 Å². The highest BCUT2D eigenvalue weighted by Gasteiger charge is 2.23. The highest BCUT2D eigenvalue weighted by molar-refractivity contribution is 5.77. The number of hydrogen-bond donors (Lipinski definition) is 1. The SMILES string of the molecule is Cn1c(=O)cc(N2CCN(C(=O)Cn3cnc4ncccc4c3=O)CC2)[nH]c1=O. The van der Waals surface area contributed by atoms with Crippen molar-refractivity contribution in [3.05, 3.63) is 61.9 Å². The van der Waals surface area contributed by atoms with Crippen LogP contribution in [0.5, 0.6) is 0 Å². The molecule has 0 radical (unpaired) electrons. The lowest BCUT2D eigenvalue weighted by molar-refractivity contribution is -0.132. The number of anilines is 1. The fourth-order valence-corrected chi connectivity index (χ4v) is 3.27. The number of piperazine rings is 1. The molecule has 1 N–H and O–H groups in total. The van der Waals surface area contributed by atoms with E-state index in [1.165, 1.54) is 24.0 Å². The Kier molecular flexibility index (Phi) is 4.71. The first-order valence-electron chi connectivity index (χ1n) is 9.07. The minimum Gasteiger partial charge on any atom is -0.354 e. The molecular formula is C18H19N7O4. The maximum Gasteiger partial charge on any atom is 0.329 e. The number of fused-ring (bicyclic) bond motifs is 1. The Hall–Kier alpha value is -3.76. The standard InChI is InChI=1S/C18H19N7O4/c1-22-14(26)9-13(21-18(22)29)23-5-7-24(8-6-23)15(27)10-25-11-20-16-12(17(25)28)3-2-4-19-16/h2-4,9,11H,5-8,10H2,1H3,(H,21,29).